The Morgan fingerprint density at radius 1 is 0.545 bits per heavy atom. The van der Waals surface area contributed by atoms with Crippen molar-refractivity contribution in [1.82, 2.24) is 9.80 Å². The van der Waals surface area contributed by atoms with Crippen LogP contribution in [0.5, 0.6) is 11.5 Å². The lowest BCUT2D eigenvalue weighted by atomic mass is 9.72. The lowest BCUT2D eigenvalue weighted by molar-refractivity contribution is -0.150. The van der Waals surface area contributed by atoms with Gasteiger partial charge in [0.25, 0.3) is 0 Å². The summed E-state index contributed by atoms with van der Waals surface area (Å²) >= 11 is 0. The molecule has 0 radical (unpaired) electrons. The lowest BCUT2D eigenvalue weighted by Crippen LogP contribution is -2.38. The van der Waals surface area contributed by atoms with Crippen LogP contribution in [-0.4, -0.2) is 71.8 Å². The Morgan fingerprint density at radius 2 is 0.909 bits per heavy atom. The third-order valence-corrected chi connectivity index (χ3v) is 16.2. The highest BCUT2D eigenvalue weighted by Gasteiger charge is 2.33. The molecule has 0 bridgehead atoms. The van der Waals surface area contributed by atoms with E-state index < -0.39 is 5.97 Å². The van der Waals surface area contributed by atoms with Crippen molar-refractivity contribution in [2.45, 2.75) is 164 Å². The Balaban J connectivity index is 0.000000197. The molecule has 4 aromatic rings. The van der Waals surface area contributed by atoms with Crippen LogP contribution < -0.4 is 9.47 Å². The summed E-state index contributed by atoms with van der Waals surface area (Å²) in [4.78, 5) is 28.2. The number of rotatable bonds is 11. The molecule has 2 aliphatic carbocycles. The van der Waals surface area contributed by atoms with E-state index in [2.05, 4.69) is 138 Å². The van der Waals surface area contributed by atoms with E-state index in [4.69, 9.17) is 14.2 Å². The van der Waals surface area contributed by atoms with Gasteiger partial charge in [0.15, 0.2) is 0 Å². The molecule has 4 fully saturated rings. The molecule has 66 heavy (non-hydrogen) atoms. The standard InChI is InChI=1S/C30H43NO3.C28H39NO3/c1-6-33-29(32)22-15-17-31(18-16-22)21(2)23-7-8-25-20-28(12-9-24(25)19-23)34-27-13-10-26(11-14-27)30(3,4)5;1-19(29-15-13-20(14-16-29)27(30)31)21-5-6-23-18-26(10-7-22(23)17-21)32-25-11-8-24(9-12-25)28(2,3)4/h7-9,12,19-22,26-27H,6,10-11,13-18H2,1-5H3;5-7,10,17-20,24-25H,8-9,11-16H2,1-4H3,(H,30,31). The van der Waals surface area contributed by atoms with Gasteiger partial charge in [0, 0.05) is 12.1 Å². The third-order valence-electron chi connectivity index (χ3n) is 16.2. The van der Waals surface area contributed by atoms with Crippen LogP contribution in [0.3, 0.4) is 0 Å². The summed E-state index contributed by atoms with van der Waals surface area (Å²) in [5.74, 6) is 2.78. The van der Waals surface area contributed by atoms with Gasteiger partial charge in [-0.3, -0.25) is 19.4 Å². The van der Waals surface area contributed by atoms with Crippen LogP contribution in [0.2, 0.25) is 0 Å². The van der Waals surface area contributed by atoms with Gasteiger partial charge in [0.1, 0.15) is 11.5 Å². The summed E-state index contributed by atoms with van der Waals surface area (Å²) in [5.41, 5.74) is 3.42. The smallest absolute Gasteiger partial charge is 0.309 e. The van der Waals surface area contributed by atoms with Gasteiger partial charge >= 0.3 is 11.9 Å². The number of carbonyl (C=O) groups is 2. The number of carboxylic acids is 1. The van der Waals surface area contributed by atoms with E-state index in [1.165, 1.54) is 58.4 Å². The number of carboxylic acid groups (broad SMARTS) is 1. The first kappa shape index (κ1) is 49.8. The molecule has 8 rings (SSSR count). The molecule has 0 amide bonds. The molecule has 2 atom stereocenters. The summed E-state index contributed by atoms with van der Waals surface area (Å²) in [7, 11) is 0. The molecule has 4 aromatic carbocycles. The normalized spacial score (nSPS) is 24.0. The van der Waals surface area contributed by atoms with Crippen molar-refractivity contribution in [2.24, 2.45) is 34.5 Å². The van der Waals surface area contributed by atoms with Gasteiger partial charge in [-0.05, 0) is 216 Å². The van der Waals surface area contributed by atoms with Gasteiger partial charge in [-0.1, -0.05) is 77.9 Å². The maximum atomic E-state index is 12.0. The molecule has 4 aliphatic rings. The number of hydrogen-bond donors (Lipinski definition) is 1. The Morgan fingerprint density at radius 3 is 1.27 bits per heavy atom. The second-order valence-corrected chi connectivity index (χ2v) is 22.5. The van der Waals surface area contributed by atoms with E-state index in [-0.39, 0.29) is 17.8 Å². The number of aliphatic carboxylic acids is 1. The Bertz CT molecular complexity index is 2210. The molecule has 2 saturated heterocycles. The van der Waals surface area contributed by atoms with Crippen LogP contribution in [0.1, 0.15) is 163 Å². The van der Waals surface area contributed by atoms with Gasteiger partial charge in [0.2, 0.25) is 0 Å². The van der Waals surface area contributed by atoms with Crippen LogP contribution in [0.15, 0.2) is 72.8 Å². The van der Waals surface area contributed by atoms with Gasteiger partial charge in [-0.2, -0.15) is 0 Å². The highest BCUT2D eigenvalue weighted by molar-refractivity contribution is 5.85. The summed E-state index contributed by atoms with van der Waals surface area (Å²) in [5, 5.41) is 14.2. The SMILES string of the molecule is CC(c1ccc2cc(OC3CCC(C(C)(C)C)CC3)ccc2c1)N1CCC(C(=O)O)CC1.CCOC(=O)C1CCN(C(C)c2ccc3cc(OC4CCC(C(C)(C)C)CC4)ccc3c2)CC1. The summed E-state index contributed by atoms with van der Waals surface area (Å²) < 4.78 is 18.0. The highest BCUT2D eigenvalue weighted by Crippen LogP contribution is 2.41. The fraction of sp³-hybridized carbons (Fsp3) is 0.621. The van der Waals surface area contributed by atoms with Crippen molar-refractivity contribution in [3.8, 4) is 11.5 Å². The largest absolute Gasteiger partial charge is 0.490 e. The number of hydrogen-bond acceptors (Lipinski definition) is 7. The third kappa shape index (κ3) is 12.9. The summed E-state index contributed by atoms with van der Waals surface area (Å²) in [6.07, 6.45) is 13.6. The molecule has 2 unspecified atom stereocenters. The first-order valence-corrected chi connectivity index (χ1v) is 25.7. The monoisotopic (exact) mass is 903 g/mol. The van der Waals surface area contributed by atoms with Gasteiger partial charge in [0.05, 0.1) is 30.7 Å². The zero-order chi connectivity index (χ0) is 47.2. The van der Waals surface area contributed by atoms with Crippen LogP contribution >= 0.6 is 0 Å². The molecule has 2 aliphatic heterocycles. The number of nitrogens with zero attached hydrogens (tertiary/aromatic N) is 2. The van der Waals surface area contributed by atoms with Gasteiger partial charge in [-0.25, -0.2) is 0 Å². The highest BCUT2D eigenvalue weighted by atomic mass is 16.5. The Hall–Kier alpha value is -4.14. The molecule has 0 aromatic heterocycles. The Kier molecular flexibility index (Phi) is 16.5. The van der Waals surface area contributed by atoms with Gasteiger partial charge < -0.3 is 19.3 Å². The van der Waals surface area contributed by atoms with Crippen LogP contribution in [0.4, 0.5) is 0 Å². The number of fused-ring (bicyclic) bond motifs is 2. The second-order valence-electron chi connectivity index (χ2n) is 22.5. The number of likely N-dealkylation sites (tertiary alicyclic amines) is 2. The molecule has 8 nitrogen and oxygen atoms in total. The van der Waals surface area contributed by atoms with Crippen molar-refractivity contribution in [2.75, 3.05) is 32.8 Å². The minimum Gasteiger partial charge on any atom is -0.490 e. The number of carbonyl (C=O) groups excluding carboxylic acids is 1. The summed E-state index contributed by atoms with van der Waals surface area (Å²) in [6, 6.07) is 27.1. The van der Waals surface area contributed by atoms with Crippen molar-refractivity contribution in [3.63, 3.8) is 0 Å². The van der Waals surface area contributed by atoms with E-state index in [0.717, 1.165) is 101 Å². The fourth-order valence-electron chi connectivity index (χ4n) is 11.4. The molecule has 360 valence electrons. The zero-order valence-electron chi connectivity index (χ0n) is 42.0. The molecular formula is C58H82N2O6. The first-order valence-electron chi connectivity index (χ1n) is 25.7. The van der Waals surface area contributed by atoms with Crippen molar-refractivity contribution in [3.05, 3.63) is 83.9 Å². The predicted octanol–water partition coefficient (Wildman–Crippen LogP) is 13.8. The van der Waals surface area contributed by atoms with Crippen molar-refractivity contribution < 1.29 is 28.9 Å². The van der Waals surface area contributed by atoms with Crippen LogP contribution in [0.25, 0.3) is 21.5 Å². The minimum atomic E-state index is -0.650. The molecule has 2 saturated carbocycles. The van der Waals surface area contributed by atoms with Gasteiger partial charge in [-0.15, -0.1) is 0 Å². The molecule has 0 spiro atoms. The maximum Gasteiger partial charge on any atom is 0.309 e. The van der Waals surface area contributed by atoms with E-state index in [9.17, 15) is 14.7 Å². The topological polar surface area (TPSA) is 88.5 Å². The lowest BCUT2D eigenvalue weighted by Gasteiger charge is -2.37. The van der Waals surface area contributed by atoms with Crippen LogP contribution in [-0.2, 0) is 14.3 Å². The predicted molar refractivity (Wildman–Crippen MR) is 269 cm³/mol. The fourth-order valence-corrected chi connectivity index (χ4v) is 11.4. The minimum absolute atomic E-state index is 0.0271. The van der Waals surface area contributed by atoms with Crippen molar-refractivity contribution >= 4 is 33.5 Å². The number of piperidine rings is 2. The average molecular weight is 903 g/mol. The van der Waals surface area contributed by atoms with E-state index in [0.29, 0.717) is 41.7 Å². The maximum absolute atomic E-state index is 12.0. The zero-order valence-corrected chi connectivity index (χ0v) is 42.0. The Labute approximate surface area is 397 Å². The molecular weight excluding hydrogens is 821 g/mol. The van der Waals surface area contributed by atoms with E-state index in [1.807, 2.05) is 6.92 Å². The number of esters is 1. The first-order chi connectivity index (χ1) is 31.4. The summed E-state index contributed by atoms with van der Waals surface area (Å²) in [6.45, 7) is 24.6. The molecule has 1 N–H and O–H groups in total. The number of benzene rings is 4. The molecule has 8 heteroatoms. The van der Waals surface area contributed by atoms with Crippen molar-refractivity contribution in [1.29, 1.82) is 0 Å². The second kappa shape index (κ2) is 21.9. The van der Waals surface area contributed by atoms with E-state index in [1.54, 1.807) is 0 Å². The number of ether oxygens (including phenoxy) is 3. The quantitative estimate of drug-likeness (QED) is 0.149. The molecule has 2 heterocycles. The van der Waals surface area contributed by atoms with E-state index >= 15 is 0 Å². The average Bonchev–Trinajstić information content (AvgIpc) is 3.31. The van der Waals surface area contributed by atoms with Crippen LogP contribution in [0, 0.1) is 34.5 Å².